The average Bonchev–Trinajstić information content (AvgIpc) is 3.03. The van der Waals surface area contributed by atoms with Crippen molar-refractivity contribution in [1.82, 2.24) is 0 Å². The molecule has 12 heteroatoms. The van der Waals surface area contributed by atoms with Gasteiger partial charge in [0.15, 0.2) is 0 Å². The van der Waals surface area contributed by atoms with E-state index in [9.17, 15) is 0 Å². The summed E-state index contributed by atoms with van der Waals surface area (Å²) in [7, 11) is 0. The van der Waals surface area contributed by atoms with Gasteiger partial charge in [0.25, 0.3) is 0 Å². The number of para-hydroxylation sites is 1. The molecule has 43 heavy (non-hydrogen) atoms. The molecule has 0 saturated heterocycles. The lowest BCUT2D eigenvalue weighted by atomic mass is 10.3. The number of terminal acetylenes is 1. The molecular formula is C31H52O12. The first kappa shape index (κ1) is 39.2. The Morgan fingerprint density at radius 1 is 0.349 bits per heavy atom. The Morgan fingerprint density at radius 3 is 0.884 bits per heavy atom. The van der Waals surface area contributed by atoms with Crippen molar-refractivity contribution >= 4 is 0 Å². The summed E-state index contributed by atoms with van der Waals surface area (Å²) in [6.45, 7) is 11.6. The van der Waals surface area contributed by atoms with Crippen molar-refractivity contribution < 1.29 is 56.8 Å². The highest BCUT2D eigenvalue weighted by molar-refractivity contribution is 5.20. The van der Waals surface area contributed by atoms with E-state index >= 15 is 0 Å². The first-order valence-electron chi connectivity index (χ1n) is 14.9. The molecule has 0 fully saturated rings. The van der Waals surface area contributed by atoms with Crippen molar-refractivity contribution in [2.24, 2.45) is 0 Å². The smallest absolute Gasteiger partial charge is 0.119 e. The highest BCUT2D eigenvalue weighted by Crippen LogP contribution is 2.07. The molecule has 0 aliphatic carbocycles. The molecule has 0 unspecified atom stereocenters. The quantitative estimate of drug-likeness (QED) is 0.0820. The third-order valence-corrected chi connectivity index (χ3v) is 5.15. The van der Waals surface area contributed by atoms with Crippen LogP contribution >= 0.6 is 0 Å². The maximum absolute atomic E-state index is 5.55. The summed E-state index contributed by atoms with van der Waals surface area (Å²) in [6.07, 6.45) is 5.08. The van der Waals surface area contributed by atoms with Gasteiger partial charge >= 0.3 is 0 Å². The van der Waals surface area contributed by atoms with Crippen LogP contribution in [0.2, 0.25) is 0 Å². The Balaban J connectivity index is 1.61. The topological polar surface area (TPSA) is 111 Å². The summed E-state index contributed by atoms with van der Waals surface area (Å²) in [4.78, 5) is 0. The third kappa shape index (κ3) is 31.4. The minimum absolute atomic E-state index is 0.308. The van der Waals surface area contributed by atoms with Gasteiger partial charge in [-0.25, -0.2) is 0 Å². The Morgan fingerprint density at radius 2 is 0.605 bits per heavy atom. The van der Waals surface area contributed by atoms with Gasteiger partial charge in [-0.15, -0.1) is 6.42 Å². The van der Waals surface area contributed by atoms with E-state index in [-0.39, 0.29) is 0 Å². The summed E-state index contributed by atoms with van der Waals surface area (Å²) < 4.78 is 65.1. The number of hydrogen-bond donors (Lipinski definition) is 0. The second-order valence-corrected chi connectivity index (χ2v) is 8.54. The van der Waals surface area contributed by atoms with E-state index in [1.165, 1.54) is 0 Å². The summed E-state index contributed by atoms with van der Waals surface area (Å²) in [5, 5.41) is 0. The molecule has 0 radical (unpaired) electrons. The van der Waals surface area contributed by atoms with Crippen LogP contribution in [-0.2, 0) is 52.1 Å². The number of benzene rings is 1. The van der Waals surface area contributed by atoms with Crippen LogP contribution in [0.5, 0.6) is 5.75 Å². The van der Waals surface area contributed by atoms with E-state index in [1.807, 2.05) is 30.3 Å². The standard InChI is InChI=1S/C31H52O12/c1-2-8-32-9-10-33-11-12-34-13-14-35-15-16-36-17-18-37-19-20-38-21-22-39-23-24-40-25-26-41-27-28-42-29-30-43-31-6-4-3-5-7-31/h1,3-7H,8-30H2. The van der Waals surface area contributed by atoms with Gasteiger partial charge in [-0.3, -0.25) is 0 Å². The summed E-state index contributed by atoms with van der Waals surface area (Å²) in [6, 6.07) is 9.67. The molecule has 0 spiro atoms. The summed E-state index contributed by atoms with van der Waals surface area (Å²) in [5.74, 6) is 3.24. The Kier molecular flexibility index (Phi) is 31.5. The maximum atomic E-state index is 5.55. The predicted octanol–water partition coefficient (Wildman–Crippen LogP) is 1.88. The third-order valence-electron chi connectivity index (χ3n) is 5.15. The van der Waals surface area contributed by atoms with Gasteiger partial charge in [0, 0.05) is 0 Å². The van der Waals surface area contributed by atoms with Crippen LogP contribution in [0.3, 0.4) is 0 Å². The molecule has 0 amide bonds. The number of ether oxygens (including phenoxy) is 12. The molecule has 0 heterocycles. The molecule has 0 aliphatic rings. The van der Waals surface area contributed by atoms with Gasteiger partial charge in [-0.2, -0.15) is 0 Å². The molecule has 0 aromatic heterocycles. The van der Waals surface area contributed by atoms with Crippen molar-refractivity contribution in [2.45, 2.75) is 0 Å². The van der Waals surface area contributed by atoms with Crippen molar-refractivity contribution in [3.63, 3.8) is 0 Å². The Hall–Kier alpha value is -1.86. The normalized spacial score (nSPS) is 11.1. The maximum Gasteiger partial charge on any atom is 0.119 e. The lowest BCUT2D eigenvalue weighted by Crippen LogP contribution is -2.15. The van der Waals surface area contributed by atoms with Crippen LogP contribution in [0.15, 0.2) is 30.3 Å². The number of hydrogen-bond acceptors (Lipinski definition) is 12. The molecule has 0 atom stereocenters. The lowest BCUT2D eigenvalue weighted by molar-refractivity contribution is -0.0275. The minimum atomic E-state index is 0.308. The van der Waals surface area contributed by atoms with Crippen molar-refractivity contribution in [3.05, 3.63) is 30.3 Å². The molecule has 0 N–H and O–H groups in total. The van der Waals surface area contributed by atoms with Crippen LogP contribution < -0.4 is 4.74 Å². The average molecular weight is 617 g/mol. The number of rotatable bonds is 35. The van der Waals surface area contributed by atoms with E-state index < -0.39 is 0 Å². The first-order valence-corrected chi connectivity index (χ1v) is 14.9. The molecule has 0 bridgehead atoms. The summed E-state index contributed by atoms with van der Waals surface area (Å²) >= 11 is 0. The van der Waals surface area contributed by atoms with Crippen LogP contribution in [0.4, 0.5) is 0 Å². The van der Waals surface area contributed by atoms with E-state index in [1.54, 1.807) is 0 Å². The van der Waals surface area contributed by atoms with Crippen molar-refractivity contribution in [1.29, 1.82) is 0 Å². The fourth-order valence-corrected chi connectivity index (χ4v) is 3.07. The minimum Gasteiger partial charge on any atom is -0.491 e. The molecule has 12 nitrogen and oxygen atoms in total. The zero-order valence-electron chi connectivity index (χ0n) is 25.6. The van der Waals surface area contributed by atoms with E-state index in [4.69, 9.17) is 63.3 Å². The Bertz CT molecular complexity index is 704. The summed E-state index contributed by atoms with van der Waals surface area (Å²) in [5.41, 5.74) is 0. The van der Waals surface area contributed by atoms with E-state index in [0.29, 0.717) is 152 Å². The zero-order chi connectivity index (χ0) is 30.6. The van der Waals surface area contributed by atoms with Gasteiger partial charge in [-0.1, -0.05) is 24.1 Å². The zero-order valence-corrected chi connectivity index (χ0v) is 25.6. The molecule has 0 aliphatic heterocycles. The molecule has 1 aromatic rings. The van der Waals surface area contributed by atoms with E-state index in [0.717, 1.165) is 5.75 Å². The SMILES string of the molecule is C#CCOCCOCCOCCOCCOCCOCCOCCOCCOCCOCCOCCOc1ccccc1. The van der Waals surface area contributed by atoms with Crippen molar-refractivity contribution in [3.8, 4) is 18.1 Å². The highest BCUT2D eigenvalue weighted by atomic mass is 16.6. The fourth-order valence-electron chi connectivity index (χ4n) is 3.07. The van der Waals surface area contributed by atoms with Crippen LogP contribution in [0.25, 0.3) is 0 Å². The monoisotopic (exact) mass is 616 g/mol. The molecule has 248 valence electrons. The Labute approximate surface area is 257 Å². The van der Waals surface area contributed by atoms with Crippen LogP contribution in [-0.4, -0.2) is 152 Å². The predicted molar refractivity (Wildman–Crippen MR) is 160 cm³/mol. The van der Waals surface area contributed by atoms with Gasteiger partial charge in [0.1, 0.15) is 19.0 Å². The lowest BCUT2D eigenvalue weighted by Gasteiger charge is -2.09. The van der Waals surface area contributed by atoms with Gasteiger partial charge in [-0.05, 0) is 12.1 Å². The largest absolute Gasteiger partial charge is 0.491 e. The fraction of sp³-hybridized carbons (Fsp3) is 0.742. The highest BCUT2D eigenvalue weighted by Gasteiger charge is 1.97. The van der Waals surface area contributed by atoms with Crippen molar-refractivity contribution in [2.75, 3.05) is 152 Å². The van der Waals surface area contributed by atoms with E-state index in [2.05, 4.69) is 5.92 Å². The molecule has 0 saturated carbocycles. The second kappa shape index (κ2) is 34.6. The molecule has 1 aromatic carbocycles. The first-order chi connectivity index (χ1) is 21.4. The van der Waals surface area contributed by atoms with Crippen LogP contribution in [0, 0.1) is 12.3 Å². The van der Waals surface area contributed by atoms with Gasteiger partial charge in [0.2, 0.25) is 0 Å². The molecule has 1 rings (SSSR count). The van der Waals surface area contributed by atoms with Gasteiger partial charge in [0.05, 0.1) is 139 Å². The van der Waals surface area contributed by atoms with Crippen LogP contribution in [0.1, 0.15) is 0 Å². The molecular weight excluding hydrogens is 564 g/mol. The van der Waals surface area contributed by atoms with Gasteiger partial charge < -0.3 is 56.8 Å². The second-order valence-electron chi connectivity index (χ2n) is 8.54.